The van der Waals surface area contributed by atoms with Crippen molar-refractivity contribution >= 4 is 34.8 Å². The molecule has 0 spiro atoms. The maximum Gasteiger partial charge on any atom is 0.313 e. The zero-order valence-corrected chi connectivity index (χ0v) is 18.4. The number of hydrogen-bond donors (Lipinski definition) is 2. The van der Waals surface area contributed by atoms with E-state index >= 15 is 0 Å². The van der Waals surface area contributed by atoms with Crippen molar-refractivity contribution in [2.75, 3.05) is 60.9 Å². The smallest absolute Gasteiger partial charge is 0.313 e. The van der Waals surface area contributed by atoms with Crippen LogP contribution in [-0.2, 0) is 14.4 Å². The zero-order valence-electron chi connectivity index (χ0n) is 18.4. The van der Waals surface area contributed by atoms with Crippen LogP contribution in [-0.4, -0.2) is 68.4 Å². The number of nitrogens with one attached hydrogen (secondary N) is 2. The molecule has 2 fully saturated rings. The van der Waals surface area contributed by atoms with Gasteiger partial charge in [-0.05, 0) is 36.8 Å². The third-order valence-corrected chi connectivity index (χ3v) is 5.97. The molecule has 0 radical (unpaired) electrons. The van der Waals surface area contributed by atoms with Gasteiger partial charge in [0.25, 0.3) is 0 Å². The summed E-state index contributed by atoms with van der Waals surface area (Å²) in [6, 6.07) is 13.7. The van der Waals surface area contributed by atoms with E-state index in [1.807, 2.05) is 17.0 Å². The topological polar surface area (TPSA) is 85.0 Å². The van der Waals surface area contributed by atoms with E-state index in [0.717, 1.165) is 19.5 Å². The van der Waals surface area contributed by atoms with Crippen LogP contribution in [0.2, 0.25) is 0 Å². The second-order valence-corrected chi connectivity index (χ2v) is 8.19. The van der Waals surface area contributed by atoms with Gasteiger partial charge in [-0.3, -0.25) is 19.3 Å². The van der Waals surface area contributed by atoms with Gasteiger partial charge in [-0.25, -0.2) is 4.39 Å². The molecule has 2 aromatic carbocycles. The van der Waals surface area contributed by atoms with E-state index in [1.165, 1.54) is 6.07 Å². The molecule has 0 aromatic heterocycles. The Hall–Kier alpha value is -3.46. The number of nitrogens with zero attached hydrogens (tertiary/aromatic N) is 3. The highest BCUT2D eigenvalue weighted by atomic mass is 19.1. The minimum absolute atomic E-state index is 0.0611. The highest BCUT2D eigenvalue weighted by Gasteiger charge is 2.23. The van der Waals surface area contributed by atoms with Crippen molar-refractivity contribution in [3.8, 4) is 0 Å². The molecule has 2 aromatic rings. The average Bonchev–Trinajstić information content (AvgIpc) is 3.26. The fourth-order valence-electron chi connectivity index (χ4n) is 4.19. The molecule has 8 nitrogen and oxygen atoms in total. The van der Waals surface area contributed by atoms with Gasteiger partial charge >= 0.3 is 11.8 Å². The van der Waals surface area contributed by atoms with Gasteiger partial charge in [0, 0.05) is 63.6 Å². The SMILES string of the molecule is O=C(NCCN1CCN(c2ccccc2F)CC1)C(=O)Nc1cccc(N2CCCC2=O)c1. The summed E-state index contributed by atoms with van der Waals surface area (Å²) >= 11 is 0. The summed E-state index contributed by atoms with van der Waals surface area (Å²) in [5.41, 5.74) is 1.79. The maximum absolute atomic E-state index is 14.0. The molecule has 2 N–H and O–H groups in total. The number of piperazine rings is 1. The molecule has 0 saturated carbocycles. The molecule has 0 unspecified atom stereocenters. The Bertz CT molecular complexity index is 1020. The van der Waals surface area contributed by atoms with Crippen molar-refractivity contribution in [1.29, 1.82) is 0 Å². The molecule has 2 aliphatic rings. The number of para-hydroxylation sites is 1. The number of hydrogen-bond acceptors (Lipinski definition) is 5. The molecule has 0 aliphatic carbocycles. The molecule has 0 atom stereocenters. The monoisotopic (exact) mass is 453 g/mol. The van der Waals surface area contributed by atoms with Gasteiger partial charge in [0.2, 0.25) is 5.91 Å². The summed E-state index contributed by atoms with van der Waals surface area (Å²) in [6.07, 6.45) is 1.34. The lowest BCUT2D eigenvalue weighted by molar-refractivity contribution is -0.136. The highest BCUT2D eigenvalue weighted by Crippen LogP contribution is 2.24. The molecule has 9 heteroatoms. The molecule has 4 rings (SSSR count). The van der Waals surface area contributed by atoms with Gasteiger partial charge in [-0.15, -0.1) is 0 Å². The van der Waals surface area contributed by atoms with Gasteiger partial charge in [-0.2, -0.15) is 0 Å². The number of rotatable bonds is 6. The zero-order chi connectivity index (χ0) is 23.2. The van der Waals surface area contributed by atoms with Crippen LogP contribution in [0.1, 0.15) is 12.8 Å². The Morgan fingerprint density at radius 3 is 2.45 bits per heavy atom. The Balaban J connectivity index is 1.19. The Kier molecular flexibility index (Phi) is 7.19. The van der Waals surface area contributed by atoms with Crippen LogP contribution in [0.25, 0.3) is 0 Å². The third kappa shape index (κ3) is 5.67. The quantitative estimate of drug-likeness (QED) is 0.652. The summed E-state index contributed by atoms with van der Waals surface area (Å²) in [5, 5.41) is 5.24. The lowest BCUT2D eigenvalue weighted by Gasteiger charge is -2.36. The number of amides is 3. The van der Waals surface area contributed by atoms with Crippen LogP contribution in [0.5, 0.6) is 0 Å². The largest absolute Gasteiger partial charge is 0.367 e. The first-order chi connectivity index (χ1) is 16.0. The Morgan fingerprint density at radius 1 is 0.939 bits per heavy atom. The molecule has 3 amide bonds. The number of anilines is 3. The van der Waals surface area contributed by atoms with Gasteiger partial charge in [0.05, 0.1) is 5.69 Å². The van der Waals surface area contributed by atoms with Crippen molar-refractivity contribution in [3.63, 3.8) is 0 Å². The van der Waals surface area contributed by atoms with Crippen LogP contribution in [0, 0.1) is 5.82 Å². The fraction of sp³-hybridized carbons (Fsp3) is 0.375. The molecule has 2 saturated heterocycles. The third-order valence-electron chi connectivity index (χ3n) is 5.97. The molecule has 33 heavy (non-hydrogen) atoms. The van der Waals surface area contributed by atoms with Gasteiger partial charge in [0.1, 0.15) is 5.82 Å². The average molecular weight is 454 g/mol. The molecule has 174 valence electrons. The van der Waals surface area contributed by atoms with E-state index in [-0.39, 0.29) is 11.7 Å². The van der Waals surface area contributed by atoms with Crippen LogP contribution >= 0.6 is 0 Å². The minimum Gasteiger partial charge on any atom is -0.367 e. The summed E-state index contributed by atoms with van der Waals surface area (Å²) in [5.74, 6) is -1.61. The van der Waals surface area contributed by atoms with Gasteiger partial charge in [-0.1, -0.05) is 18.2 Å². The normalized spacial score (nSPS) is 16.7. The molecule has 0 bridgehead atoms. The Morgan fingerprint density at radius 2 is 1.73 bits per heavy atom. The predicted molar refractivity (Wildman–Crippen MR) is 125 cm³/mol. The highest BCUT2D eigenvalue weighted by molar-refractivity contribution is 6.39. The first kappa shape index (κ1) is 22.7. The second kappa shape index (κ2) is 10.4. The molecule has 2 aliphatic heterocycles. The van der Waals surface area contributed by atoms with Gasteiger partial charge < -0.3 is 20.4 Å². The van der Waals surface area contributed by atoms with Crippen LogP contribution < -0.4 is 20.4 Å². The molecular formula is C24H28FN5O3. The standard InChI is InChI=1S/C24H28FN5O3/c25-20-7-1-2-8-21(20)29-15-13-28(14-16-29)12-10-26-23(32)24(33)27-18-5-3-6-19(17-18)30-11-4-9-22(30)31/h1-3,5-8,17H,4,9-16H2,(H,26,32)(H,27,33). The fourth-order valence-corrected chi connectivity index (χ4v) is 4.19. The number of carbonyl (C=O) groups excluding carboxylic acids is 3. The van der Waals surface area contributed by atoms with E-state index in [0.29, 0.717) is 56.2 Å². The predicted octanol–water partition coefficient (Wildman–Crippen LogP) is 1.83. The van der Waals surface area contributed by atoms with E-state index in [1.54, 1.807) is 35.2 Å². The van der Waals surface area contributed by atoms with E-state index in [9.17, 15) is 18.8 Å². The van der Waals surface area contributed by atoms with Crippen molar-refractivity contribution in [3.05, 3.63) is 54.3 Å². The van der Waals surface area contributed by atoms with E-state index < -0.39 is 11.8 Å². The lowest BCUT2D eigenvalue weighted by Crippen LogP contribution is -2.49. The maximum atomic E-state index is 14.0. The second-order valence-electron chi connectivity index (χ2n) is 8.19. The molecule has 2 heterocycles. The summed E-state index contributed by atoms with van der Waals surface area (Å²) in [7, 11) is 0. The number of halogens is 1. The molecular weight excluding hydrogens is 425 g/mol. The number of benzene rings is 2. The van der Waals surface area contributed by atoms with Crippen molar-refractivity contribution < 1.29 is 18.8 Å². The first-order valence-corrected chi connectivity index (χ1v) is 11.2. The van der Waals surface area contributed by atoms with Crippen molar-refractivity contribution in [2.24, 2.45) is 0 Å². The van der Waals surface area contributed by atoms with Crippen molar-refractivity contribution in [2.45, 2.75) is 12.8 Å². The van der Waals surface area contributed by atoms with Crippen LogP contribution in [0.15, 0.2) is 48.5 Å². The van der Waals surface area contributed by atoms with Crippen LogP contribution in [0.4, 0.5) is 21.5 Å². The summed E-state index contributed by atoms with van der Waals surface area (Å²) < 4.78 is 14.0. The van der Waals surface area contributed by atoms with Crippen molar-refractivity contribution in [1.82, 2.24) is 10.2 Å². The summed E-state index contributed by atoms with van der Waals surface area (Å²) in [6.45, 7) is 4.50. The van der Waals surface area contributed by atoms with Gasteiger partial charge in [0.15, 0.2) is 0 Å². The van der Waals surface area contributed by atoms with Crippen LogP contribution in [0.3, 0.4) is 0 Å². The summed E-state index contributed by atoms with van der Waals surface area (Å²) in [4.78, 5) is 42.3. The van der Waals surface area contributed by atoms with E-state index in [4.69, 9.17) is 0 Å². The van der Waals surface area contributed by atoms with E-state index in [2.05, 4.69) is 15.5 Å². The lowest BCUT2D eigenvalue weighted by atomic mass is 10.2. The number of carbonyl (C=O) groups is 3. The minimum atomic E-state index is -0.746. The first-order valence-electron chi connectivity index (χ1n) is 11.2. The Labute approximate surface area is 192 Å².